The van der Waals surface area contributed by atoms with Crippen molar-refractivity contribution in [3.05, 3.63) is 59.5 Å². The Kier molecular flexibility index (Phi) is 4.65. The number of hydrogen-bond acceptors (Lipinski definition) is 5. The van der Waals surface area contributed by atoms with Gasteiger partial charge in [-0.25, -0.2) is 10.4 Å². The maximum Gasteiger partial charge on any atom is 0.290 e. The minimum atomic E-state index is -0.326. The molecule has 1 N–H and O–H groups in total. The molecule has 0 aliphatic heterocycles. The number of imidazole rings is 1. The van der Waals surface area contributed by atoms with Crippen LogP contribution in [0.25, 0.3) is 5.65 Å². The second-order valence-corrected chi connectivity index (χ2v) is 5.29. The van der Waals surface area contributed by atoms with Crippen molar-refractivity contribution >= 4 is 17.8 Å². The lowest BCUT2D eigenvalue weighted by Crippen LogP contribution is -2.20. The van der Waals surface area contributed by atoms with Crippen molar-refractivity contribution in [1.82, 2.24) is 14.8 Å². The van der Waals surface area contributed by atoms with E-state index in [-0.39, 0.29) is 5.91 Å². The first kappa shape index (κ1) is 16.5. The van der Waals surface area contributed by atoms with E-state index in [0.717, 1.165) is 5.56 Å². The summed E-state index contributed by atoms with van der Waals surface area (Å²) in [4.78, 5) is 16.8. The van der Waals surface area contributed by atoms with Crippen molar-refractivity contribution in [2.24, 2.45) is 5.10 Å². The average molecular weight is 338 g/mol. The van der Waals surface area contributed by atoms with Gasteiger partial charge in [-0.1, -0.05) is 6.07 Å². The van der Waals surface area contributed by atoms with Crippen molar-refractivity contribution in [3.63, 3.8) is 0 Å². The van der Waals surface area contributed by atoms with Crippen LogP contribution in [0.4, 0.5) is 0 Å². The lowest BCUT2D eigenvalue weighted by Gasteiger charge is -2.07. The first-order valence-electron chi connectivity index (χ1n) is 7.63. The first-order valence-corrected chi connectivity index (χ1v) is 7.63. The summed E-state index contributed by atoms with van der Waals surface area (Å²) >= 11 is 0. The summed E-state index contributed by atoms with van der Waals surface area (Å²) in [5.74, 6) is 0.897. The van der Waals surface area contributed by atoms with Crippen LogP contribution in [0, 0.1) is 6.92 Å². The largest absolute Gasteiger partial charge is 0.493 e. The molecule has 7 heteroatoms. The van der Waals surface area contributed by atoms with Gasteiger partial charge in [0.25, 0.3) is 5.91 Å². The molecule has 0 atom stereocenters. The fourth-order valence-electron chi connectivity index (χ4n) is 2.54. The van der Waals surface area contributed by atoms with E-state index in [0.29, 0.717) is 28.5 Å². The zero-order valence-corrected chi connectivity index (χ0v) is 14.2. The fraction of sp³-hybridized carbons (Fsp3) is 0.167. The van der Waals surface area contributed by atoms with Gasteiger partial charge in [0.15, 0.2) is 11.5 Å². The Bertz CT molecular complexity index is 947. The third-order valence-electron chi connectivity index (χ3n) is 3.71. The number of carbonyl (C=O) groups is 1. The van der Waals surface area contributed by atoms with Gasteiger partial charge in [0, 0.05) is 6.20 Å². The topological polar surface area (TPSA) is 77.2 Å². The molecule has 0 bridgehead atoms. The van der Waals surface area contributed by atoms with Gasteiger partial charge in [0.1, 0.15) is 11.3 Å². The van der Waals surface area contributed by atoms with E-state index < -0.39 is 0 Å². The second-order valence-electron chi connectivity index (χ2n) is 5.29. The lowest BCUT2D eigenvalue weighted by atomic mass is 10.2. The van der Waals surface area contributed by atoms with Gasteiger partial charge < -0.3 is 9.47 Å². The summed E-state index contributed by atoms with van der Waals surface area (Å²) in [5, 5.41) is 4.01. The van der Waals surface area contributed by atoms with Crippen LogP contribution in [0.15, 0.2) is 47.7 Å². The number of carbonyl (C=O) groups excluding carboxylic acids is 1. The summed E-state index contributed by atoms with van der Waals surface area (Å²) < 4.78 is 12.2. The van der Waals surface area contributed by atoms with Crippen molar-refractivity contribution in [2.75, 3.05) is 14.2 Å². The van der Waals surface area contributed by atoms with Crippen molar-refractivity contribution < 1.29 is 14.3 Å². The van der Waals surface area contributed by atoms with Crippen LogP contribution in [0.1, 0.15) is 21.7 Å². The molecule has 0 fully saturated rings. The summed E-state index contributed by atoms with van der Waals surface area (Å²) in [6, 6.07) is 10.9. The Labute approximate surface area is 144 Å². The maximum atomic E-state index is 12.4. The molecular weight excluding hydrogens is 320 g/mol. The van der Waals surface area contributed by atoms with Crippen molar-refractivity contribution in [3.8, 4) is 11.5 Å². The molecule has 0 aliphatic rings. The predicted octanol–water partition coefficient (Wildman–Crippen LogP) is 2.42. The Balaban J connectivity index is 1.78. The Morgan fingerprint density at radius 3 is 2.76 bits per heavy atom. The van der Waals surface area contributed by atoms with Gasteiger partial charge in [0.2, 0.25) is 0 Å². The molecule has 1 aromatic carbocycles. The number of nitrogens with one attached hydrogen (secondary N) is 1. The number of rotatable bonds is 5. The molecule has 128 valence electrons. The highest BCUT2D eigenvalue weighted by molar-refractivity contribution is 5.95. The van der Waals surface area contributed by atoms with Gasteiger partial charge in [-0.3, -0.25) is 9.20 Å². The highest BCUT2D eigenvalue weighted by atomic mass is 16.5. The number of ether oxygens (including phenoxy) is 2. The number of aromatic nitrogens is 2. The van der Waals surface area contributed by atoms with Crippen molar-refractivity contribution in [2.45, 2.75) is 6.92 Å². The number of fused-ring (bicyclic) bond motifs is 1. The number of amides is 1. The number of methoxy groups -OCH3 is 2. The van der Waals surface area contributed by atoms with Gasteiger partial charge in [0.05, 0.1) is 26.1 Å². The molecule has 0 unspecified atom stereocenters. The van der Waals surface area contributed by atoms with Crippen LogP contribution < -0.4 is 14.9 Å². The van der Waals surface area contributed by atoms with Gasteiger partial charge >= 0.3 is 0 Å². The number of hydrogen-bond donors (Lipinski definition) is 1. The summed E-state index contributed by atoms with van der Waals surface area (Å²) in [6.45, 7) is 1.79. The summed E-state index contributed by atoms with van der Waals surface area (Å²) in [5.41, 5.74) is 5.12. The third-order valence-corrected chi connectivity index (χ3v) is 3.71. The molecule has 7 nitrogen and oxygen atoms in total. The number of hydrazone groups is 1. The van der Waals surface area contributed by atoms with Crippen LogP contribution in [0.2, 0.25) is 0 Å². The van der Waals surface area contributed by atoms with Gasteiger partial charge in [-0.2, -0.15) is 5.10 Å². The standard InChI is InChI=1S/C18H18N4O3/c1-12-17(22-9-5-4-6-16(22)20-12)18(23)21-19-11-13-7-8-14(24-2)15(10-13)25-3/h4-11H,1-3H3,(H,21,23)/b19-11+. The molecule has 3 aromatic rings. The van der Waals surface area contributed by atoms with Crippen molar-refractivity contribution in [1.29, 1.82) is 0 Å². The number of pyridine rings is 1. The molecule has 3 rings (SSSR count). The number of benzene rings is 1. The lowest BCUT2D eigenvalue weighted by molar-refractivity contribution is 0.0948. The second kappa shape index (κ2) is 7.04. The van der Waals surface area contributed by atoms with Gasteiger partial charge in [-0.15, -0.1) is 0 Å². The van der Waals surface area contributed by atoms with Crippen LogP contribution in [-0.4, -0.2) is 35.7 Å². The van der Waals surface area contributed by atoms with Crippen LogP contribution in [0.3, 0.4) is 0 Å². The van der Waals surface area contributed by atoms with E-state index in [1.807, 2.05) is 24.3 Å². The normalized spacial score (nSPS) is 11.0. The minimum absolute atomic E-state index is 0.326. The monoisotopic (exact) mass is 338 g/mol. The summed E-state index contributed by atoms with van der Waals surface area (Å²) in [7, 11) is 3.14. The Hall–Kier alpha value is -3.35. The SMILES string of the molecule is COc1ccc(/C=N/NC(=O)c2c(C)nc3ccccn23)cc1OC. The van der Waals surface area contributed by atoms with Crippen LogP contribution in [0.5, 0.6) is 11.5 Å². The van der Waals surface area contributed by atoms with E-state index in [1.54, 1.807) is 50.1 Å². The molecule has 0 saturated heterocycles. The third kappa shape index (κ3) is 3.30. The quantitative estimate of drug-likeness (QED) is 0.572. The van der Waals surface area contributed by atoms with Crippen LogP contribution >= 0.6 is 0 Å². The van der Waals surface area contributed by atoms with Gasteiger partial charge in [-0.05, 0) is 42.8 Å². The Morgan fingerprint density at radius 1 is 1.20 bits per heavy atom. The molecule has 0 aliphatic carbocycles. The van der Waals surface area contributed by atoms with E-state index >= 15 is 0 Å². The molecule has 2 aromatic heterocycles. The zero-order valence-electron chi connectivity index (χ0n) is 14.2. The molecule has 1 amide bonds. The molecule has 0 radical (unpaired) electrons. The van der Waals surface area contributed by atoms with E-state index in [1.165, 1.54) is 0 Å². The predicted molar refractivity (Wildman–Crippen MR) is 94.5 cm³/mol. The molecule has 25 heavy (non-hydrogen) atoms. The minimum Gasteiger partial charge on any atom is -0.493 e. The smallest absolute Gasteiger partial charge is 0.290 e. The zero-order chi connectivity index (χ0) is 17.8. The first-order chi connectivity index (χ1) is 12.1. The molecule has 2 heterocycles. The van der Waals surface area contributed by atoms with E-state index in [4.69, 9.17) is 9.47 Å². The number of aryl methyl sites for hydroxylation is 1. The van der Waals surface area contributed by atoms with E-state index in [2.05, 4.69) is 15.5 Å². The molecule has 0 spiro atoms. The summed E-state index contributed by atoms with van der Waals surface area (Å²) in [6.07, 6.45) is 3.33. The fourth-order valence-corrected chi connectivity index (χ4v) is 2.54. The highest BCUT2D eigenvalue weighted by Crippen LogP contribution is 2.26. The molecule has 0 saturated carbocycles. The van der Waals surface area contributed by atoms with E-state index in [9.17, 15) is 4.79 Å². The number of nitrogens with zero attached hydrogens (tertiary/aromatic N) is 3. The van der Waals surface area contributed by atoms with Crippen LogP contribution in [-0.2, 0) is 0 Å². The molecular formula is C18H18N4O3. The highest BCUT2D eigenvalue weighted by Gasteiger charge is 2.15. The Morgan fingerprint density at radius 2 is 2.00 bits per heavy atom. The average Bonchev–Trinajstić information content (AvgIpc) is 2.97. The maximum absolute atomic E-state index is 12.4.